The molecule has 3 rings (SSSR count). The van der Waals surface area contributed by atoms with E-state index >= 15 is 0 Å². The Bertz CT molecular complexity index is 526. The van der Waals surface area contributed by atoms with Crippen LogP contribution in [0.5, 0.6) is 0 Å². The number of nitrogens with zero attached hydrogens (tertiary/aromatic N) is 2. The first-order valence-corrected chi connectivity index (χ1v) is 9.21. The highest BCUT2D eigenvalue weighted by molar-refractivity contribution is 9.10. The molecule has 1 aromatic rings. The highest BCUT2D eigenvalue weighted by Gasteiger charge is 2.29. The van der Waals surface area contributed by atoms with Crippen molar-refractivity contribution >= 4 is 39.3 Å². The van der Waals surface area contributed by atoms with Gasteiger partial charge in [-0.2, -0.15) is 0 Å². The van der Waals surface area contributed by atoms with Gasteiger partial charge in [-0.05, 0) is 30.7 Å². The molecular formula is C15H20BrN3OS. The average Bonchev–Trinajstić information content (AvgIpc) is 3.04. The lowest BCUT2D eigenvalue weighted by Gasteiger charge is -2.37. The zero-order chi connectivity index (χ0) is 14.8. The maximum Gasteiger partial charge on any atom is 0.240 e. The topological polar surface area (TPSA) is 35.6 Å². The normalized spacial score (nSPS) is 22.7. The second-order valence-electron chi connectivity index (χ2n) is 5.52. The average molecular weight is 370 g/mol. The highest BCUT2D eigenvalue weighted by atomic mass is 79.9. The van der Waals surface area contributed by atoms with Crippen LogP contribution in [0.3, 0.4) is 0 Å². The van der Waals surface area contributed by atoms with Crippen molar-refractivity contribution in [1.29, 1.82) is 0 Å². The number of halogens is 1. The second kappa shape index (κ2) is 6.58. The van der Waals surface area contributed by atoms with Gasteiger partial charge in [-0.1, -0.05) is 15.9 Å². The third kappa shape index (κ3) is 3.38. The number of benzene rings is 1. The molecule has 2 aliphatic rings. The van der Waals surface area contributed by atoms with Crippen LogP contribution in [-0.4, -0.2) is 54.7 Å². The molecule has 1 aromatic carbocycles. The van der Waals surface area contributed by atoms with E-state index < -0.39 is 0 Å². The van der Waals surface area contributed by atoms with Crippen LogP contribution in [0.4, 0.5) is 5.69 Å². The number of amides is 1. The van der Waals surface area contributed by atoms with Gasteiger partial charge in [0.05, 0.1) is 6.04 Å². The van der Waals surface area contributed by atoms with Gasteiger partial charge in [-0.25, -0.2) is 0 Å². The van der Waals surface area contributed by atoms with Crippen LogP contribution >= 0.6 is 27.7 Å². The zero-order valence-corrected chi connectivity index (χ0v) is 14.5. The molecule has 6 heteroatoms. The number of nitrogens with one attached hydrogen (secondary N) is 1. The Labute approximate surface area is 138 Å². The van der Waals surface area contributed by atoms with Gasteiger partial charge >= 0.3 is 0 Å². The molecule has 0 spiro atoms. The fraction of sp³-hybridized carbons (Fsp3) is 0.533. The van der Waals surface area contributed by atoms with Crippen LogP contribution in [0, 0.1) is 6.92 Å². The molecule has 1 N–H and O–H groups in total. The maximum absolute atomic E-state index is 12.4. The summed E-state index contributed by atoms with van der Waals surface area (Å²) >= 11 is 5.34. The van der Waals surface area contributed by atoms with Gasteiger partial charge < -0.3 is 9.80 Å². The minimum Gasteiger partial charge on any atom is -0.368 e. The van der Waals surface area contributed by atoms with Crippen LogP contribution in [-0.2, 0) is 4.79 Å². The molecule has 0 radical (unpaired) electrons. The number of thioether (sulfide) groups is 1. The molecule has 2 aliphatic heterocycles. The van der Waals surface area contributed by atoms with E-state index in [2.05, 4.69) is 51.3 Å². The fourth-order valence-electron chi connectivity index (χ4n) is 2.78. The van der Waals surface area contributed by atoms with Crippen LogP contribution in [0.25, 0.3) is 0 Å². The lowest BCUT2D eigenvalue weighted by molar-refractivity contribution is -0.132. The predicted molar refractivity (Wildman–Crippen MR) is 91.9 cm³/mol. The minimum atomic E-state index is 0.0245. The highest BCUT2D eigenvalue weighted by Crippen LogP contribution is 2.24. The largest absolute Gasteiger partial charge is 0.368 e. The number of carbonyl (C=O) groups excluding carboxylic acids is 1. The van der Waals surface area contributed by atoms with Gasteiger partial charge in [-0.3, -0.25) is 10.1 Å². The first-order valence-electron chi connectivity index (χ1n) is 7.26. The number of piperazine rings is 1. The zero-order valence-electron chi connectivity index (χ0n) is 12.1. The Morgan fingerprint density at radius 2 is 2.10 bits per heavy atom. The van der Waals surface area contributed by atoms with E-state index in [4.69, 9.17) is 0 Å². The SMILES string of the molecule is Cc1cc(N2CCN(C(=O)C3CSCN3)CC2)ccc1Br. The molecule has 2 saturated heterocycles. The van der Waals surface area contributed by atoms with Gasteiger partial charge in [-0.15, -0.1) is 11.8 Å². The first-order chi connectivity index (χ1) is 10.1. The number of rotatable bonds is 2. The summed E-state index contributed by atoms with van der Waals surface area (Å²) in [5.41, 5.74) is 2.50. The van der Waals surface area contributed by atoms with Gasteiger partial charge in [0.15, 0.2) is 0 Å². The molecule has 1 unspecified atom stereocenters. The summed E-state index contributed by atoms with van der Waals surface area (Å²) in [7, 11) is 0. The molecule has 0 aliphatic carbocycles. The van der Waals surface area contributed by atoms with Crippen molar-refractivity contribution in [3.8, 4) is 0 Å². The number of anilines is 1. The summed E-state index contributed by atoms with van der Waals surface area (Å²) in [6, 6.07) is 6.47. The van der Waals surface area contributed by atoms with Crippen molar-refractivity contribution in [1.82, 2.24) is 10.2 Å². The lowest BCUT2D eigenvalue weighted by Crippen LogP contribution is -2.53. The second-order valence-corrected chi connectivity index (χ2v) is 7.40. The standard InChI is InChI=1S/C15H20BrN3OS/c1-11-8-12(2-3-13(11)16)18-4-6-19(7-5-18)15(20)14-9-21-10-17-14/h2-3,8,14,17H,4-7,9-10H2,1H3. The summed E-state index contributed by atoms with van der Waals surface area (Å²) < 4.78 is 1.14. The van der Waals surface area contributed by atoms with E-state index in [1.165, 1.54) is 11.3 Å². The summed E-state index contributed by atoms with van der Waals surface area (Å²) in [6.45, 7) is 5.56. The van der Waals surface area contributed by atoms with Crippen LogP contribution in [0.2, 0.25) is 0 Å². The molecule has 0 bridgehead atoms. The third-order valence-corrected chi connectivity index (χ3v) is 5.94. The molecule has 21 heavy (non-hydrogen) atoms. The van der Waals surface area contributed by atoms with Gasteiger partial charge in [0.25, 0.3) is 0 Å². The molecule has 1 amide bonds. The van der Waals surface area contributed by atoms with Crippen molar-refractivity contribution < 1.29 is 4.79 Å². The van der Waals surface area contributed by atoms with Crippen molar-refractivity contribution in [2.24, 2.45) is 0 Å². The van der Waals surface area contributed by atoms with Gasteiger partial charge in [0.2, 0.25) is 5.91 Å². The van der Waals surface area contributed by atoms with Gasteiger partial charge in [0, 0.05) is 48.0 Å². The molecular weight excluding hydrogens is 350 g/mol. The number of hydrogen-bond donors (Lipinski definition) is 1. The quantitative estimate of drug-likeness (QED) is 0.865. The Hall–Kier alpha value is -0.720. The molecule has 114 valence electrons. The molecule has 0 saturated carbocycles. The van der Waals surface area contributed by atoms with Crippen molar-refractivity contribution in [2.45, 2.75) is 13.0 Å². The smallest absolute Gasteiger partial charge is 0.240 e. The summed E-state index contributed by atoms with van der Waals surface area (Å²) in [4.78, 5) is 16.7. The predicted octanol–water partition coefficient (Wildman–Crippen LogP) is 2.07. The molecule has 2 heterocycles. The van der Waals surface area contributed by atoms with Crippen molar-refractivity contribution in [3.05, 3.63) is 28.2 Å². The Balaban J connectivity index is 1.59. The van der Waals surface area contributed by atoms with E-state index in [1.807, 2.05) is 4.90 Å². The van der Waals surface area contributed by atoms with Crippen LogP contribution in [0.1, 0.15) is 5.56 Å². The molecule has 2 fully saturated rings. The van der Waals surface area contributed by atoms with Gasteiger partial charge in [0.1, 0.15) is 0 Å². The van der Waals surface area contributed by atoms with E-state index in [1.54, 1.807) is 11.8 Å². The van der Waals surface area contributed by atoms with Crippen molar-refractivity contribution in [2.75, 3.05) is 42.7 Å². The summed E-state index contributed by atoms with van der Waals surface area (Å²) in [5, 5.41) is 3.26. The fourth-order valence-corrected chi connectivity index (χ4v) is 3.96. The third-order valence-electron chi connectivity index (χ3n) is 4.11. The number of carbonyl (C=O) groups is 1. The monoisotopic (exact) mass is 369 g/mol. The van der Waals surface area contributed by atoms with E-state index in [0.717, 1.165) is 42.3 Å². The van der Waals surface area contributed by atoms with E-state index in [0.29, 0.717) is 0 Å². The van der Waals surface area contributed by atoms with Crippen molar-refractivity contribution in [3.63, 3.8) is 0 Å². The minimum absolute atomic E-state index is 0.0245. The first kappa shape index (κ1) is 15.2. The number of hydrogen-bond acceptors (Lipinski definition) is 4. The van der Waals surface area contributed by atoms with Crippen LogP contribution in [0.15, 0.2) is 22.7 Å². The lowest BCUT2D eigenvalue weighted by atomic mass is 10.2. The molecule has 1 atom stereocenters. The summed E-state index contributed by atoms with van der Waals surface area (Å²) in [5.74, 6) is 2.08. The van der Waals surface area contributed by atoms with E-state index in [9.17, 15) is 4.79 Å². The summed E-state index contributed by atoms with van der Waals surface area (Å²) in [6.07, 6.45) is 0. The van der Waals surface area contributed by atoms with Crippen LogP contribution < -0.4 is 10.2 Å². The van der Waals surface area contributed by atoms with E-state index in [-0.39, 0.29) is 11.9 Å². The Morgan fingerprint density at radius 1 is 1.33 bits per heavy atom. The molecule has 0 aromatic heterocycles. The molecule has 4 nitrogen and oxygen atoms in total. The number of aryl methyl sites for hydroxylation is 1. The Kier molecular flexibility index (Phi) is 4.76. The Morgan fingerprint density at radius 3 is 2.71 bits per heavy atom. The maximum atomic E-state index is 12.4.